The zero-order chi connectivity index (χ0) is 14.1. The molecule has 2 aromatic carbocycles. The molecule has 3 rings (SSSR count). The highest BCUT2D eigenvalue weighted by Gasteiger charge is 2.27. The first-order valence-electron chi connectivity index (χ1n) is 6.81. The van der Waals surface area contributed by atoms with Crippen LogP contribution in [-0.2, 0) is 12.8 Å². The smallest absolute Gasteiger partial charge is 0.0439 e. The second kappa shape index (κ2) is 6.09. The van der Waals surface area contributed by atoms with Gasteiger partial charge in [-0.1, -0.05) is 63.4 Å². The van der Waals surface area contributed by atoms with E-state index < -0.39 is 0 Å². The van der Waals surface area contributed by atoms with E-state index in [4.69, 9.17) is 23.2 Å². The molecule has 1 aliphatic rings. The van der Waals surface area contributed by atoms with Gasteiger partial charge in [0.1, 0.15) is 0 Å². The second-order valence-electron chi connectivity index (χ2n) is 5.34. The summed E-state index contributed by atoms with van der Waals surface area (Å²) < 4.78 is 0. The van der Waals surface area contributed by atoms with Gasteiger partial charge in [0.2, 0.25) is 0 Å². The average molecular weight is 370 g/mol. The highest BCUT2D eigenvalue weighted by atomic mass is 79.9. The van der Waals surface area contributed by atoms with Crippen molar-refractivity contribution in [2.45, 2.75) is 24.1 Å². The van der Waals surface area contributed by atoms with Crippen LogP contribution in [0.4, 0.5) is 0 Å². The van der Waals surface area contributed by atoms with Crippen LogP contribution >= 0.6 is 39.1 Å². The molecule has 1 aliphatic carbocycles. The molecule has 3 heteroatoms. The van der Waals surface area contributed by atoms with Gasteiger partial charge in [-0.2, -0.15) is 0 Å². The van der Waals surface area contributed by atoms with Gasteiger partial charge < -0.3 is 0 Å². The fraction of sp³-hybridized carbons (Fsp3) is 0.294. The fourth-order valence-electron chi connectivity index (χ4n) is 2.96. The SMILES string of the molecule is Clc1ccc(Cl)c(CC2CCc3ccccc3C2Br)c1. The van der Waals surface area contributed by atoms with Crippen molar-refractivity contribution < 1.29 is 0 Å². The van der Waals surface area contributed by atoms with Crippen LogP contribution in [0.25, 0.3) is 0 Å². The molecule has 0 aromatic heterocycles. The Morgan fingerprint density at radius 3 is 2.75 bits per heavy atom. The predicted molar refractivity (Wildman–Crippen MR) is 90.1 cm³/mol. The molecule has 0 radical (unpaired) electrons. The van der Waals surface area contributed by atoms with E-state index in [2.05, 4.69) is 40.2 Å². The van der Waals surface area contributed by atoms with Crippen molar-refractivity contribution in [2.24, 2.45) is 5.92 Å². The van der Waals surface area contributed by atoms with E-state index in [0.717, 1.165) is 28.5 Å². The minimum absolute atomic E-state index is 0.391. The molecule has 0 heterocycles. The molecule has 20 heavy (non-hydrogen) atoms. The van der Waals surface area contributed by atoms with Crippen molar-refractivity contribution in [3.63, 3.8) is 0 Å². The van der Waals surface area contributed by atoms with E-state index in [1.807, 2.05) is 18.2 Å². The Morgan fingerprint density at radius 2 is 1.90 bits per heavy atom. The van der Waals surface area contributed by atoms with E-state index in [-0.39, 0.29) is 0 Å². The molecule has 0 N–H and O–H groups in total. The van der Waals surface area contributed by atoms with Crippen molar-refractivity contribution in [3.8, 4) is 0 Å². The first kappa shape index (κ1) is 14.4. The molecule has 0 spiro atoms. The Bertz CT molecular complexity index is 624. The lowest BCUT2D eigenvalue weighted by Gasteiger charge is -2.30. The molecule has 0 aliphatic heterocycles. The lowest BCUT2D eigenvalue weighted by molar-refractivity contribution is 0.452. The van der Waals surface area contributed by atoms with Crippen LogP contribution in [0.15, 0.2) is 42.5 Å². The number of hydrogen-bond donors (Lipinski definition) is 0. The van der Waals surface area contributed by atoms with E-state index in [0.29, 0.717) is 10.7 Å². The molecule has 104 valence electrons. The van der Waals surface area contributed by atoms with E-state index >= 15 is 0 Å². The largest absolute Gasteiger partial charge is 0.0843 e. The first-order chi connectivity index (χ1) is 9.65. The molecular formula is C17H15BrCl2. The van der Waals surface area contributed by atoms with Crippen molar-refractivity contribution in [1.82, 2.24) is 0 Å². The number of fused-ring (bicyclic) bond motifs is 1. The number of hydrogen-bond acceptors (Lipinski definition) is 0. The van der Waals surface area contributed by atoms with Crippen molar-refractivity contribution >= 4 is 39.1 Å². The van der Waals surface area contributed by atoms with Crippen LogP contribution < -0.4 is 0 Å². The summed E-state index contributed by atoms with van der Waals surface area (Å²) in [5.41, 5.74) is 4.03. The Kier molecular flexibility index (Phi) is 4.40. The summed E-state index contributed by atoms with van der Waals surface area (Å²) in [5.74, 6) is 0.556. The van der Waals surface area contributed by atoms with Gasteiger partial charge in [0, 0.05) is 14.9 Å². The van der Waals surface area contributed by atoms with Gasteiger partial charge in [0.15, 0.2) is 0 Å². The predicted octanol–water partition coefficient (Wildman–Crippen LogP) is 6.23. The molecular weight excluding hydrogens is 355 g/mol. The van der Waals surface area contributed by atoms with Gasteiger partial charge in [0.25, 0.3) is 0 Å². The second-order valence-corrected chi connectivity index (χ2v) is 7.17. The van der Waals surface area contributed by atoms with E-state index in [1.54, 1.807) is 0 Å². The van der Waals surface area contributed by atoms with Crippen molar-refractivity contribution in [3.05, 3.63) is 69.2 Å². The number of rotatable bonds is 2. The number of alkyl halides is 1. The van der Waals surface area contributed by atoms with Crippen LogP contribution in [0.3, 0.4) is 0 Å². The maximum atomic E-state index is 6.29. The monoisotopic (exact) mass is 368 g/mol. The summed E-state index contributed by atoms with van der Waals surface area (Å²) in [4.78, 5) is 0.391. The van der Waals surface area contributed by atoms with Crippen LogP contribution in [0.2, 0.25) is 10.0 Å². The molecule has 0 amide bonds. The standard InChI is InChI=1S/C17H15BrCl2/c18-17-12(6-5-11-3-1-2-4-15(11)17)9-13-10-14(19)7-8-16(13)20/h1-4,7-8,10,12,17H,5-6,9H2. The Balaban J connectivity index is 1.84. The number of benzene rings is 2. The Hall–Kier alpha value is -0.500. The third-order valence-corrected chi connectivity index (χ3v) is 5.89. The topological polar surface area (TPSA) is 0 Å². The van der Waals surface area contributed by atoms with Crippen LogP contribution in [0, 0.1) is 5.92 Å². The molecule has 0 saturated heterocycles. The number of halogens is 3. The minimum Gasteiger partial charge on any atom is -0.0843 e. The van der Waals surface area contributed by atoms with Gasteiger partial charge >= 0.3 is 0 Å². The molecule has 2 atom stereocenters. The summed E-state index contributed by atoms with van der Waals surface area (Å²) in [6.45, 7) is 0. The number of aryl methyl sites for hydroxylation is 1. The fourth-order valence-corrected chi connectivity index (χ4v) is 4.25. The first-order valence-corrected chi connectivity index (χ1v) is 8.48. The summed E-state index contributed by atoms with van der Waals surface area (Å²) in [5, 5.41) is 1.57. The highest BCUT2D eigenvalue weighted by Crippen LogP contribution is 2.42. The van der Waals surface area contributed by atoms with Gasteiger partial charge in [-0.3, -0.25) is 0 Å². The third kappa shape index (κ3) is 2.90. The quantitative estimate of drug-likeness (QED) is 0.550. The zero-order valence-corrected chi connectivity index (χ0v) is 14.0. The van der Waals surface area contributed by atoms with E-state index in [9.17, 15) is 0 Å². The molecule has 0 bridgehead atoms. The minimum atomic E-state index is 0.391. The van der Waals surface area contributed by atoms with Gasteiger partial charge in [-0.25, -0.2) is 0 Å². The Labute approximate surface area is 138 Å². The Morgan fingerprint density at radius 1 is 1.10 bits per heavy atom. The van der Waals surface area contributed by atoms with E-state index in [1.165, 1.54) is 17.5 Å². The maximum Gasteiger partial charge on any atom is 0.0439 e. The summed E-state index contributed by atoms with van der Waals surface area (Å²) in [6.07, 6.45) is 3.28. The lowest BCUT2D eigenvalue weighted by atomic mass is 9.81. The normalized spacial score (nSPS) is 21.6. The summed E-state index contributed by atoms with van der Waals surface area (Å²) in [6, 6.07) is 14.4. The van der Waals surface area contributed by atoms with Gasteiger partial charge in [-0.05, 0) is 60.1 Å². The molecule has 0 nitrogen and oxygen atoms in total. The van der Waals surface area contributed by atoms with Gasteiger partial charge in [-0.15, -0.1) is 0 Å². The molecule has 2 unspecified atom stereocenters. The van der Waals surface area contributed by atoms with Crippen LogP contribution in [-0.4, -0.2) is 0 Å². The highest BCUT2D eigenvalue weighted by molar-refractivity contribution is 9.09. The molecule has 0 saturated carbocycles. The van der Waals surface area contributed by atoms with Crippen LogP contribution in [0.1, 0.15) is 27.9 Å². The zero-order valence-electron chi connectivity index (χ0n) is 11.0. The molecule has 0 fully saturated rings. The van der Waals surface area contributed by atoms with Crippen molar-refractivity contribution in [2.75, 3.05) is 0 Å². The maximum absolute atomic E-state index is 6.29. The summed E-state index contributed by atoms with van der Waals surface area (Å²) in [7, 11) is 0. The van der Waals surface area contributed by atoms with Crippen molar-refractivity contribution in [1.29, 1.82) is 0 Å². The average Bonchev–Trinajstić information content (AvgIpc) is 2.46. The van der Waals surface area contributed by atoms with Gasteiger partial charge in [0.05, 0.1) is 0 Å². The third-order valence-electron chi connectivity index (χ3n) is 4.04. The van der Waals surface area contributed by atoms with Crippen LogP contribution in [0.5, 0.6) is 0 Å². The lowest BCUT2D eigenvalue weighted by Crippen LogP contribution is -2.19. The summed E-state index contributed by atoms with van der Waals surface area (Å²) >= 11 is 16.2. The molecule has 2 aromatic rings.